The van der Waals surface area contributed by atoms with Gasteiger partial charge >= 0.3 is 6.18 Å². The highest BCUT2D eigenvalue weighted by Crippen LogP contribution is 2.34. The van der Waals surface area contributed by atoms with Crippen molar-refractivity contribution in [2.75, 3.05) is 6.61 Å². The van der Waals surface area contributed by atoms with Gasteiger partial charge in [-0.15, -0.1) is 6.61 Å². The van der Waals surface area contributed by atoms with Crippen LogP contribution in [-0.2, 0) is 6.18 Å². The second kappa shape index (κ2) is 5.59. The van der Waals surface area contributed by atoms with Gasteiger partial charge < -0.3 is 5.11 Å². The fraction of sp³-hybridized carbons (Fsp3) is 0.400. The van der Waals surface area contributed by atoms with Gasteiger partial charge in [-0.2, -0.15) is 13.2 Å². The number of halogens is 4. The number of ketones is 1. The number of aromatic nitrogens is 1. The Labute approximate surface area is 104 Å². The molecule has 17 heavy (non-hydrogen) atoms. The number of nitrogens with zero attached hydrogens (tertiary/aromatic N) is 1. The van der Waals surface area contributed by atoms with E-state index in [2.05, 4.69) is 20.9 Å². The summed E-state index contributed by atoms with van der Waals surface area (Å²) in [5, 5.41) is 10.2. The van der Waals surface area contributed by atoms with Crippen LogP contribution in [0.4, 0.5) is 13.2 Å². The third-order valence-electron chi connectivity index (χ3n) is 2.01. The molecule has 3 nitrogen and oxygen atoms in total. The summed E-state index contributed by atoms with van der Waals surface area (Å²) in [6, 6.07) is 0.740. The van der Waals surface area contributed by atoms with Crippen molar-refractivity contribution in [2.24, 2.45) is 0 Å². The second-order valence-electron chi connectivity index (χ2n) is 3.29. The van der Waals surface area contributed by atoms with E-state index in [1.54, 1.807) is 0 Å². The van der Waals surface area contributed by atoms with Crippen LogP contribution in [0.3, 0.4) is 0 Å². The van der Waals surface area contributed by atoms with Gasteiger partial charge in [0.15, 0.2) is 5.78 Å². The number of hydrogen-bond donors (Lipinski definition) is 0. The molecule has 1 heterocycles. The van der Waals surface area contributed by atoms with Crippen LogP contribution in [0.15, 0.2) is 16.9 Å². The van der Waals surface area contributed by atoms with Crippen molar-refractivity contribution >= 4 is 21.7 Å². The first-order valence-corrected chi connectivity index (χ1v) is 5.49. The van der Waals surface area contributed by atoms with Gasteiger partial charge in [0.05, 0.1) is 5.56 Å². The van der Waals surface area contributed by atoms with Crippen LogP contribution in [0.2, 0.25) is 0 Å². The molecule has 94 valence electrons. The summed E-state index contributed by atoms with van der Waals surface area (Å²) in [6.07, 6.45) is -3.46. The Bertz CT molecular complexity index is 421. The van der Waals surface area contributed by atoms with Crippen LogP contribution in [0, 0.1) is 0 Å². The maximum Gasteiger partial charge on any atom is 0.419 e. The number of carbonyl (C=O) groups is 1. The van der Waals surface area contributed by atoms with E-state index < -0.39 is 24.1 Å². The zero-order chi connectivity index (χ0) is 13.1. The Morgan fingerprint density at radius 2 is 2.12 bits per heavy atom. The fourth-order valence-electron chi connectivity index (χ4n) is 1.18. The van der Waals surface area contributed by atoms with Crippen LogP contribution < -0.4 is 5.11 Å². The minimum absolute atomic E-state index is 0.0654. The van der Waals surface area contributed by atoms with Gasteiger partial charge in [-0.1, -0.05) is 6.42 Å². The normalized spacial score (nSPS) is 11.6. The summed E-state index contributed by atoms with van der Waals surface area (Å²) >= 11 is 2.68. The summed E-state index contributed by atoms with van der Waals surface area (Å²) in [4.78, 5) is 14.9. The average Bonchev–Trinajstić information content (AvgIpc) is 2.25. The average molecular weight is 311 g/mol. The van der Waals surface area contributed by atoms with Crippen molar-refractivity contribution in [3.05, 3.63) is 28.0 Å². The van der Waals surface area contributed by atoms with E-state index in [1.807, 2.05) is 0 Å². The molecule has 1 rings (SSSR count). The Morgan fingerprint density at radius 1 is 1.47 bits per heavy atom. The molecule has 0 bridgehead atoms. The van der Waals surface area contributed by atoms with Crippen molar-refractivity contribution in [1.29, 1.82) is 0 Å². The largest absolute Gasteiger partial charge is 0.854 e. The molecule has 0 aliphatic heterocycles. The zero-order valence-corrected chi connectivity index (χ0v) is 10.1. The Morgan fingerprint density at radius 3 is 2.65 bits per heavy atom. The Kier molecular flexibility index (Phi) is 4.64. The topological polar surface area (TPSA) is 53.0 Å². The predicted octanol–water partition coefficient (Wildman–Crippen LogP) is 2.19. The molecule has 0 saturated carbocycles. The monoisotopic (exact) mass is 310 g/mol. The first kappa shape index (κ1) is 14.1. The molecule has 0 spiro atoms. The molecule has 0 unspecified atom stereocenters. The number of hydrogen-bond acceptors (Lipinski definition) is 3. The predicted molar refractivity (Wildman–Crippen MR) is 55.4 cm³/mol. The molecule has 1 aromatic heterocycles. The highest BCUT2D eigenvalue weighted by molar-refractivity contribution is 9.10. The minimum atomic E-state index is -4.57. The van der Waals surface area contributed by atoms with Crippen molar-refractivity contribution < 1.29 is 23.1 Å². The highest BCUT2D eigenvalue weighted by atomic mass is 79.9. The van der Waals surface area contributed by atoms with Gasteiger partial charge in [-0.3, -0.25) is 4.79 Å². The molecule has 0 radical (unpaired) electrons. The first-order valence-electron chi connectivity index (χ1n) is 4.70. The van der Waals surface area contributed by atoms with E-state index in [-0.39, 0.29) is 23.0 Å². The van der Waals surface area contributed by atoms with E-state index >= 15 is 0 Å². The molecule has 0 N–H and O–H groups in total. The van der Waals surface area contributed by atoms with Gasteiger partial charge in [0.25, 0.3) is 0 Å². The molecular weight excluding hydrogens is 303 g/mol. The van der Waals surface area contributed by atoms with Crippen molar-refractivity contribution in [3.63, 3.8) is 0 Å². The molecule has 0 fully saturated rings. The number of Topliss-reactive ketones (excluding diaryl/α,β-unsaturated/α-hetero) is 1. The first-order chi connectivity index (χ1) is 7.86. The summed E-state index contributed by atoms with van der Waals surface area (Å²) < 4.78 is 37.2. The molecule has 0 aliphatic carbocycles. The zero-order valence-electron chi connectivity index (χ0n) is 8.55. The quantitative estimate of drug-likeness (QED) is 0.633. The fourth-order valence-corrected chi connectivity index (χ4v) is 1.62. The number of carbonyl (C=O) groups excluding carboxylic acids is 1. The van der Waals surface area contributed by atoms with Gasteiger partial charge in [0, 0.05) is 18.2 Å². The summed E-state index contributed by atoms with van der Waals surface area (Å²) in [7, 11) is 0. The van der Waals surface area contributed by atoms with Crippen LogP contribution in [0.1, 0.15) is 28.8 Å². The third kappa shape index (κ3) is 3.78. The highest BCUT2D eigenvalue weighted by Gasteiger charge is 2.34. The number of alkyl halides is 3. The standard InChI is InChI=1S/C10H8BrF3NO2/c11-9-7(10(12,13)14)4-6(5-15-9)8(17)2-1-3-16/h4-5H,1-3H2/q-1. The minimum Gasteiger partial charge on any atom is -0.854 e. The lowest BCUT2D eigenvalue weighted by atomic mass is 10.1. The van der Waals surface area contributed by atoms with Gasteiger partial charge in [0.1, 0.15) is 4.60 Å². The van der Waals surface area contributed by atoms with Gasteiger partial charge in [0.2, 0.25) is 0 Å². The van der Waals surface area contributed by atoms with Crippen molar-refractivity contribution in [1.82, 2.24) is 4.98 Å². The van der Waals surface area contributed by atoms with E-state index in [9.17, 15) is 23.1 Å². The van der Waals surface area contributed by atoms with Crippen LogP contribution >= 0.6 is 15.9 Å². The summed E-state index contributed by atoms with van der Waals surface area (Å²) in [5.41, 5.74) is -1.13. The maximum atomic E-state index is 12.5. The maximum absolute atomic E-state index is 12.5. The Balaban J connectivity index is 3.00. The van der Waals surface area contributed by atoms with E-state index in [4.69, 9.17) is 0 Å². The van der Waals surface area contributed by atoms with E-state index in [1.165, 1.54) is 0 Å². The lowest BCUT2D eigenvalue weighted by Crippen LogP contribution is -2.12. The smallest absolute Gasteiger partial charge is 0.419 e. The second-order valence-corrected chi connectivity index (χ2v) is 4.04. The molecule has 0 aromatic carbocycles. The Hall–Kier alpha value is -0.950. The number of pyridine rings is 1. The van der Waals surface area contributed by atoms with Crippen LogP contribution in [-0.4, -0.2) is 17.4 Å². The molecule has 1 aromatic rings. The van der Waals surface area contributed by atoms with Gasteiger partial charge in [-0.25, -0.2) is 4.98 Å². The van der Waals surface area contributed by atoms with Crippen LogP contribution in [0.25, 0.3) is 0 Å². The number of rotatable bonds is 4. The molecular formula is C10H8BrF3NO2-. The summed E-state index contributed by atoms with van der Waals surface area (Å²) in [5.74, 6) is -0.508. The van der Waals surface area contributed by atoms with Gasteiger partial charge in [-0.05, 0) is 22.0 Å². The molecule has 0 amide bonds. The third-order valence-corrected chi connectivity index (χ3v) is 2.65. The SMILES string of the molecule is O=C(CCC[O-])c1cnc(Br)c(C(F)(F)F)c1. The summed E-state index contributed by atoms with van der Waals surface area (Å²) in [6.45, 7) is -0.429. The molecule has 0 aliphatic rings. The van der Waals surface area contributed by atoms with Crippen LogP contribution in [0.5, 0.6) is 0 Å². The van der Waals surface area contributed by atoms with Crippen molar-refractivity contribution in [2.45, 2.75) is 19.0 Å². The van der Waals surface area contributed by atoms with Crippen molar-refractivity contribution in [3.8, 4) is 0 Å². The molecule has 7 heteroatoms. The molecule has 0 atom stereocenters. The van der Waals surface area contributed by atoms with E-state index in [0.717, 1.165) is 12.3 Å². The lowest BCUT2D eigenvalue weighted by molar-refractivity contribution is -0.368. The van der Waals surface area contributed by atoms with E-state index in [0.29, 0.717) is 0 Å². The molecule has 0 saturated heterocycles. The lowest BCUT2D eigenvalue weighted by Gasteiger charge is -2.10.